The van der Waals surface area contributed by atoms with Gasteiger partial charge >= 0.3 is 0 Å². The molecule has 0 aliphatic rings. The van der Waals surface area contributed by atoms with Gasteiger partial charge in [0.15, 0.2) is 9.84 Å². The summed E-state index contributed by atoms with van der Waals surface area (Å²) in [6.07, 6.45) is 6.38. The molecule has 0 spiro atoms. The third kappa shape index (κ3) is 5.82. The van der Waals surface area contributed by atoms with E-state index in [9.17, 15) is 13.2 Å². The fraction of sp³-hybridized carbons (Fsp3) is 0.250. The molecule has 1 amide bonds. The zero-order chi connectivity index (χ0) is 19.2. The van der Waals surface area contributed by atoms with Crippen LogP contribution in [-0.4, -0.2) is 37.9 Å². The van der Waals surface area contributed by atoms with Crippen LogP contribution < -0.4 is 0 Å². The normalized spacial score (nSPS) is 11.7. The highest BCUT2D eigenvalue weighted by Crippen LogP contribution is 2.20. The maximum atomic E-state index is 12.0. The molecule has 5 nitrogen and oxygen atoms in total. The number of hydroxylamine groups is 2. The van der Waals surface area contributed by atoms with Gasteiger partial charge in [-0.3, -0.25) is 10.0 Å². The molecular weight excluding hydrogens is 350 g/mol. The predicted octanol–water partition coefficient (Wildman–Crippen LogP) is 3.13. The average Bonchev–Trinajstić information content (AvgIpc) is 2.59. The van der Waals surface area contributed by atoms with E-state index in [-0.39, 0.29) is 4.90 Å². The molecule has 26 heavy (non-hydrogen) atoms. The molecule has 0 radical (unpaired) electrons. The minimum absolute atomic E-state index is 0.161. The maximum absolute atomic E-state index is 12.0. The lowest BCUT2D eigenvalue weighted by Gasteiger charge is -2.09. The van der Waals surface area contributed by atoms with Crippen LogP contribution in [0.3, 0.4) is 0 Å². The quantitative estimate of drug-likeness (QED) is 0.460. The fourth-order valence-corrected chi connectivity index (χ4v) is 3.50. The molecule has 1 N–H and O–H groups in total. The second-order valence-corrected chi connectivity index (χ2v) is 8.16. The summed E-state index contributed by atoms with van der Waals surface area (Å²) in [5.74, 6) is -0.626. The Bertz CT molecular complexity index is 887. The Morgan fingerprint density at radius 2 is 1.73 bits per heavy atom. The van der Waals surface area contributed by atoms with Gasteiger partial charge in [0.05, 0.1) is 4.90 Å². The number of nitrogens with zero attached hydrogens (tertiary/aromatic N) is 1. The molecule has 0 heterocycles. The van der Waals surface area contributed by atoms with E-state index < -0.39 is 15.7 Å². The summed E-state index contributed by atoms with van der Waals surface area (Å²) in [4.78, 5) is 11.7. The summed E-state index contributed by atoms with van der Waals surface area (Å²) in [7, 11) is -2.21. The van der Waals surface area contributed by atoms with E-state index in [1.54, 1.807) is 18.2 Å². The van der Waals surface area contributed by atoms with Crippen molar-refractivity contribution < 1.29 is 18.4 Å². The zero-order valence-corrected chi connectivity index (χ0v) is 15.7. The number of rotatable bonds is 7. The average molecular weight is 373 g/mol. The van der Waals surface area contributed by atoms with Crippen LogP contribution in [0.1, 0.15) is 23.1 Å². The van der Waals surface area contributed by atoms with E-state index in [0.29, 0.717) is 10.6 Å². The lowest BCUT2D eigenvalue weighted by molar-refractivity contribution is -0.153. The molecule has 2 rings (SSSR count). The van der Waals surface area contributed by atoms with Crippen molar-refractivity contribution in [1.82, 2.24) is 5.06 Å². The van der Waals surface area contributed by atoms with Gasteiger partial charge in [-0.15, -0.1) is 0 Å². The van der Waals surface area contributed by atoms with E-state index in [1.807, 2.05) is 18.2 Å². The molecule has 6 heteroatoms. The molecule has 0 unspecified atom stereocenters. The number of carbonyl (C=O) groups excluding carboxylic acids is 1. The van der Waals surface area contributed by atoms with E-state index in [1.165, 1.54) is 18.7 Å². The van der Waals surface area contributed by atoms with Crippen molar-refractivity contribution in [2.45, 2.75) is 24.2 Å². The number of amides is 1. The van der Waals surface area contributed by atoms with Crippen LogP contribution in [0.25, 0.3) is 6.08 Å². The van der Waals surface area contributed by atoms with Gasteiger partial charge in [0.1, 0.15) is 0 Å². The third-order valence-corrected chi connectivity index (χ3v) is 5.14. The van der Waals surface area contributed by atoms with Crippen molar-refractivity contribution in [2.75, 3.05) is 13.3 Å². The first-order valence-electron chi connectivity index (χ1n) is 8.29. The molecule has 2 aromatic rings. The Morgan fingerprint density at radius 1 is 1.08 bits per heavy atom. The molecule has 0 bridgehead atoms. The Morgan fingerprint density at radius 3 is 2.35 bits per heavy atom. The summed E-state index contributed by atoms with van der Waals surface area (Å²) in [5, 5.41) is 9.57. The van der Waals surface area contributed by atoms with Crippen molar-refractivity contribution in [2.24, 2.45) is 0 Å². The highest BCUT2D eigenvalue weighted by atomic mass is 32.2. The number of hydrogen-bond acceptors (Lipinski definition) is 4. The van der Waals surface area contributed by atoms with Crippen LogP contribution in [0, 0.1) is 0 Å². The standard InChI is InChI=1S/C20H23NO4S/c1-21(23)20(22)14-12-18-15-17(11-13-19(18)26(2,24)25)10-6-9-16-7-4-3-5-8-16/h3-5,7-8,11-15,23H,6,9-10H2,1-2H3. The Hall–Kier alpha value is -2.44. The number of carbonyl (C=O) groups is 1. The minimum atomic E-state index is -3.42. The molecule has 2 aromatic carbocycles. The van der Waals surface area contributed by atoms with Crippen LogP contribution in [0.4, 0.5) is 0 Å². The van der Waals surface area contributed by atoms with Gasteiger partial charge in [-0.2, -0.15) is 0 Å². The van der Waals surface area contributed by atoms with E-state index in [4.69, 9.17) is 5.21 Å². The molecule has 0 aromatic heterocycles. The van der Waals surface area contributed by atoms with Crippen LogP contribution in [0.15, 0.2) is 59.5 Å². The summed E-state index contributed by atoms with van der Waals surface area (Å²) in [6, 6.07) is 15.3. The van der Waals surface area contributed by atoms with Gasteiger partial charge in [0.25, 0.3) is 5.91 Å². The van der Waals surface area contributed by atoms with Crippen molar-refractivity contribution in [3.8, 4) is 0 Å². The largest absolute Gasteiger partial charge is 0.286 e. The molecule has 0 saturated carbocycles. The maximum Gasteiger partial charge on any atom is 0.269 e. The molecule has 0 atom stereocenters. The Labute approximate surface area is 154 Å². The van der Waals surface area contributed by atoms with Crippen molar-refractivity contribution >= 4 is 21.8 Å². The number of benzene rings is 2. The van der Waals surface area contributed by atoms with Crippen LogP contribution in [-0.2, 0) is 27.5 Å². The van der Waals surface area contributed by atoms with E-state index in [0.717, 1.165) is 37.2 Å². The van der Waals surface area contributed by atoms with E-state index >= 15 is 0 Å². The summed E-state index contributed by atoms with van der Waals surface area (Å²) in [5.41, 5.74) is 2.70. The Kier molecular flexibility index (Phi) is 6.71. The first-order valence-corrected chi connectivity index (χ1v) is 10.2. The van der Waals surface area contributed by atoms with Crippen LogP contribution in [0.2, 0.25) is 0 Å². The summed E-state index contributed by atoms with van der Waals surface area (Å²) >= 11 is 0. The first-order chi connectivity index (χ1) is 12.3. The SMILES string of the molecule is CN(O)C(=O)C=Cc1cc(CCCc2ccccc2)ccc1S(C)(=O)=O. The molecule has 0 saturated heterocycles. The van der Waals surface area contributed by atoms with Gasteiger partial charge in [-0.25, -0.2) is 13.5 Å². The second kappa shape index (κ2) is 8.78. The van der Waals surface area contributed by atoms with Gasteiger partial charge in [-0.05, 0) is 48.1 Å². The van der Waals surface area contributed by atoms with E-state index in [2.05, 4.69) is 12.1 Å². The molecular formula is C20H23NO4S. The first kappa shape index (κ1) is 19.9. The van der Waals surface area contributed by atoms with Crippen LogP contribution in [0.5, 0.6) is 0 Å². The van der Waals surface area contributed by atoms with Gasteiger partial charge in [0.2, 0.25) is 0 Å². The lowest BCUT2D eigenvalue weighted by Crippen LogP contribution is -2.19. The van der Waals surface area contributed by atoms with Gasteiger partial charge < -0.3 is 0 Å². The monoisotopic (exact) mass is 373 g/mol. The fourth-order valence-electron chi connectivity index (χ4n) is 2.63. The Balaban J connectivity index is 2.18. The van der Waals surface area contributed by atoms with Crippen molar-refractivity contribution in [3.05, 3.63) is 71.3 Å². The highest BCUT2D eigenvalue weighted by Gasteiger charge is 2.13. The third-order valence-electron chi connectivity index (χ3n) is 3.97. The van der Waals surface area contributed by atoms with Crippen molar-refractivity contribution in [3.63, 3.8) is 0 Å². The predicted molar refractivity (Wildman–Crippen MR) is 102 cm³/mol. The molecule has 0 aliphatic heterocycles. The number of hydrogen-bond donors (Lipinski definition) is 1. The second-order valence-electron chi connectivity index (χ2n) is 6.18. The summed E-state index contributed by atoms with van der Waals surface area (Å²) < 4.78 is 23.9. The molecule has 0 fully saturated rings. The van der Waals surface area contributed by atoms with Crippen LogP contribution >= 0.6 is 0 Å². The molecule has 0 aliphatic carbocycles. The topological polar surface area (TPSA) is 74.7 Å². The minimum Gasteiger partial charge on any atom is -0.286 e. The van der Waals surface area contributed by atoms with Crippen molar-refractivity contribution in [1.29, 1.82) is 0 Å². The summed E-state index contributed by atoms with van der Waals surface area (Å²) in [6.45, 7) is 0. The molecule has 138 valence electrons. The van der Waals surface area contributed by atoms with Gasteiger partial charge in [0, 0.05) is 19.4 Å². The number of aryl methyl sites for hydroxylation is 2. The van der Waals surface area contributed by atoms with Gasteiger partial charge in [-0.1, -0.05) is 42.5 Å². The highest BCUT2D eigenvalue weighted by molar-refractivity contribution is 7.90. The number of likely N-dealkylation sites (N-methyl/N-ethyl adjacent to an activating group) is 1. The lowest BCUT2D eigenvalue weighted by atomic mass is 10.0. The smallest absolute Gasteiger partial charge is 0.269 e. The zero-order valence-electron chi connectivity index (χ0n) is 14.9. The number of sulfone groups is 1.